The fourth-order valence-electron chi connectivity index (χ4n) is 5.08. The van der Waals surface area contributed by atoms with Crippen LogP contribution in [-0.2, 0) is 16.6 Å². The van der Waals surface area contributed by atoms with Crippen molar-refractivity contribution in [1.82, 2.24) is 19.4 Å². The standard InChI is InChI=1S/C30H34FN5O3/c1-22-8-10-23(11-9-22)28-20-26(27-7-4-12-33(27)2)32-36(28)29(37)21-35(14-13-34-15-17-39-18-16-34)30(38)24-5-3-6-25(31)19-24/h3-12,19,28H,13-18,20-21H2,1-2H3/t28-/m0/s1. The molecule has 2 aliphatic heterocycles. The molecule has 3 aromatic rings. The summed E-state index contributed by atoms with van der Waals surface area (Å²) in [4.78, 5) is 31.1. The molecule has 0 aliphatic carbocycles. The van der Waals surface area contributed by atoms with Crippen LogP contribution in [0.2, 0.25) is 0 Å². The van der Waals surface area contributed by atoms with Crippen molar-refractivity contribution >= 4 is 17.5 Å². The number of halogens is 1. The fourth-order valence-corrected chi connectivity index (χ4v) is 5.08. The van der Waals surface area contributed by atoms with Crippen LogP contribution in [0.15, 0.2) is 72.0 Å². The molecule has 0 bridgehead atoms. The summed E-state index contributed by atoms with van der Waals surface area (Å²) in [5, 5.41) is 6.30. The minimum absolute atomic E-state index is 0.161. The number of hydrogen-bond donors (Lipinski definition) is 0. The van der Waals surface area contributed by atoms with E-state index in [9.17, 15) is 14.0 Å². The number of morpholine rings is 1. The van der Waals surface area contributed by atoms with Crippen LogP contribution in [-0.4, -0.2) is 82.8 Å². The molecule has 2 amide bonds. The lowest BCUT2D eigenvalue weighted by atomic mass is 9.99. The SMILES string of the molecule is Cc1ccc([C@@H]2CC(c3cccn3C)=NN2C(=O)CN(CCN2CCOCC2)C(=O)c2cccc(F)c2)cc1. The van der Waals surface area contributed by atoms with Gasteiger partial charge >= 0.3 is 0 Å². The molecular weight excluding hydrogens is 497 g/mol. The van der Waals surface area contributed by atoms with Gasteiger partial charge < -0.3 is 14.2 Å². The van der Waals surface area contributed by atoms with Crippen molar-refractivity contribution in [2.24, 2.45) is 12.1 Å². The van der Waals surface area contributed by atoms with Crippen LogP contribution in [0.25, 0.3) is 0 Å². The molecule has 0 N–H and O–H groups in total. The fraction of sp³-hybridized carbons (Fsp3) is 0.367. The number of hydrogen-bond acceptors (Lipinski definition) is 5. The zero-order valence-electron chi connectivity index (χ0n) is 22.4. The normalized spacial score (nSPS) is 17.8. The van der Waals surface area contributed by atoms with Gasteiger partial charge in [0.25, 0.3) is 11.8 Å². The summed E-state index contributed by atoms with van der Waals surface area (Å²) >= 11 is 0. The van der Waals surface area contributed by atoms with Crippen LogP contribution in [0, 0.1) is 12.7 Å². The first-order valence-corrected chi connectivity index (χ1v) is 13.3. The molecule has 9 heteroatoms. The molecule has 2 aliphatic rings. The van der Waals surface area contributed by atoms with E-state index in [4.69, 9.17) is 9.84 Å². The first kappa shape index (κ1) is 26.8. The second-order valence-electron chi connectivity index (χ2n) is 10.1. The molecule has 1 fully saturated rings. The predicted octanol–water partition coefficient (Wildman–Crippen LogP) is 3.62. The zero-order chi connectivity index (χ0) is 27.4. The second-order valence-corrected chi connectivity index (χ2v) is 10.1. The van der Waals surface area contributed by atoms with Gasteiger partial charge in [0.05, 0.1) is 30.7 Å². The summed E-state index contributed by atoms with van der Waals surface area (Å²) in [6.07, 6.45) is 2.52. The second kappa shape index (κ2) is 11.9. The van der Waals surface area contributed by atoms with Crippen molar-refractivity contribution in [3.63, 3.8) is 0 Å². The zero-order valence-corrected chi connectivity index (χ0v) is 22.4. The number of carbonyl (C=O) groups excluding carboxylic acids is 2. The molecule has 0 unspecified atom stereocenters. The molecule has 1 aromatic heterocycles. The molecular formula is C30H34FN5O3. The lowest BCUT2D eigenvalue weighted by Crippen LogP contribution is -2.46. The molecule has 8 nitrogen and oxygen atoms in total. The lowest BCUT2D eigenvalue weighted by Gasteiger charge is -2.31. The monoisotopic (exact) mass is 531 g/mol. The van der Waals surface area contributed by atoms with Crippen molar-refractivity contribution in [3.8, 4) is 0 Å². The average Bonchev–Trinajstić information content (AvgIpc) is 3.58. The number of carbonyl (C=O) groups is 2. The highest BCUT2D eigenvalue weighted by Gasteiger charge is 2.35. The van der Waals surface area contributed by atoms with Crippen molar-refractivity contribution in [3.05, 3.63) is 95.1 Å². The van der Waals surface area contributed by atoms with E-state index < -0.39 is 5.82 Å². The summed E-state index contributed by atoms with van der Waals surface area (Å²) in [5.74, 6) is -1.15. The van der Waals surface area contributed by atoms with Crippen molar-refractivity contribution in [2.75, 3.05) is 45.9 Å². The van der Waals surface area contributed by atoms with Gasteiger partial charge in [-0.15, -0.1) is 0 Å². The highest BCUT2D eigenvalue weighted by atomic mass is 19.1. The smallest absolute Gasteiger partial charge is 0.262 e. The van der Waals surface area contributed by atoms with Crippen LogP contribution < -0.4 is 0 Å². The molecule has 39 heavy (non-hydrogen) atoms. The summed E-state index contributed by atoms with van der Waals surface area (Å²) in [7, 11) is 1.95. The molecule has 1 saturated heterocycles. The number of aryl methyl sites for hydroxylation is 2. The van der Waals surface area contributed by atoms with E-state index in [0.29, 0.717) is 32.7 Å². The molecule has 2 aromatic carbocycles. The number of amides is 2. The number of rotatable bonds is 8. The molecule has 204 valence electrons. The van der Waals surface area contributed by atoms with Crippen molar-refractivity contribution < 1.29 is 18.7 Å². The Balaban J connectivity index is 1.41. The third-order valence-electron chi connectivity index (χ3n) is 7.34. The minimum atomic E-state index is -0.490. The van der Waals surface area contributed by atoms with Crippen molar-refractivity contribution in [2.45, 2.75) is 19.4 Å². The largest absolute Gasteiger partial charge is 0.379 e. The maximum Gasteiger partial charge on any atom is 0.262 e. The lowest BCUT2D eigenvalue weighted by molar-refractivity contribution is -0.133. The molecule has 0 spiro atoms. The van der Waals surface area contributed by atoms with E-state index in [1.807, 2.05) is 61.1 Å². The Bertz CT molecular complexity index is 1350. The quantitative estimate of drug-likeness (QED) is 0.445. The van der Waals surface area contributed by atoms with Gasteiger partial charge in [-0.1, -0.05) is 35.9 Å². The number of ether oxygens (including phenoxy) is 1. The van der Waals surface area contributed by atoms with Crippen LogP contribution in [0.3, 0.4) is 0 Å². The predicted molar refractivity (Wildman–Crippen MR) is 147 cm³/mol. The van der Waals surface area contributed by atoms with Gasteiger partial charge in [0, 0.05) is 51.4 Å². The van der Waals surface area contributed by atoms with E-state index in [0.717, 1.165) is 35.6 Å². The molecule has 0 saturated carbocycles. The summed E-state index contributed by atoms with van der Waals surface area (Å²) in [6, 6.07) is 17.4. The number of aromatic nitrogens is 1. The molecule has 3 heterocycles. The first-order valence-electron chi connectivity index (χ1n) is 13.3. The number of nitrogens with zero attached hydrogens (tertiary/aromatic N) is 5. The molecule has 5 rings (SSSR count). The summed E-state index contributed by atoms with van der Waals surface area (Å²) < 4.78 is 21.4. The Hall–Kier alpha value is -3.82. The number of hydrazone groups is 1. The van der Waals surface area contributed by atoms with Gasteiger partial charge in [-0.25, -0.2) is 9.40 Å². The van der Waals surface area contributed by atoms with Gasteiger partial charge in [-0.05, 0) is 42.8 Å². The molecule has 1 atom stereocenters. The Kier molecular flexibility index (Phi) is 8.18. The van der Waals surface area contributed by atoms with Gasteiger partial charge in [-0.2, -0.15) is 5.10 Å². The van der Waals surface area contributed by atoms with Crippen LogP contribution in [0.4, 0.5) is 4.39 Å². The van der Waals surface area contributed by atoms with E-state index in [2.05, 4.69) is 4.90 Å². The van der Waals surface area contributed by atoms with Gasteiger partial charge in [-0.3, -0.25) is 14.5 Å². The summed E-state index contributed by atoms with van der Waals surface area (Å²) in [5.41, 5.74) is 4.10. The Labute approximate surface area is 228 Å². The number of benzene rings is 2. The van der Waals surface area contributed by atoms with Crippen LogP contribution in [0.5, 0.6) is 0 Å². The maximum absolute atomic E-state index is 14.0. The first-order chi connectivity index (χ1) is 18.9. The van der Waals surface area contributed by atoms with Crippen molar-refractivity contribution in [1.29, 1.82) is 0 Å². The third-order valence-corrected chi connectivity index (χ3v) is 7.34. The van der Waals surface area contributed by atoms with Gasteiger partial charge in [0.1, 0.15) is 12.4 Å². The Morgan fingerprint density at radius 3 is 2.54 bits per heavy atom. The molecule has 0 radical (unpaired) electrons. The third kappa shape index (κ3) is 6.26. The summed E-state index contributed by atoms with van der Waals surface area (Å²) in [6.45, 7) is 5.60. The maximum atomic E-state index is 14.0. The van der Waals surface area contributed by atoms with Gasteiger partial charge in [0.2, 0.25) is 0 Å². The van der Waals surface area contributed by atoms with Crippen LogP contribution >= 0.6 is 0 Å². The minimum Gasteiger partial charge on any atom is -0.379 e. The topological polar surface area (TPSA) is 70.4 Å². The Morgan fingerprint density at radius 1 is 1.08 bits per heavy atom. The highest BCUT2D eigenvalue weighted by Crippen LogP contribution is 2.33. The van der Waals surface area contributed by atoms with E-state index in [1.165, 1.54) is 28.1 Å². The van der Waals surface area contributed by atoms with E-state index in [1.54, 1.807) is 6.07 Å². The Morgan fingerprint density at radius 2 is 1.85 bits per heavy atom. The van der Waals surface area contributed by atoms with Crippen LogP contribution in [0.1, 0.15) is 39.6 Å². The van der Waals surface area contributed by atoms with Gasteiger partial charge in [0.15, 0.2) is 0 Å². The van der Waals surface area contributed by atoms with E-state index in [-0.39, 0.29) is 30.0 Å². The average molecular weight is 532 g/mol. The highest BCUT2D eigenvalue weighted by molar-refractivity contribution is 6.02. The van der Waals surface area contributed by atoms with E-state index >= 15 is 0 Å².